The molecule has 1 saturated carbocycles. The van der Waals surface area contributed by atoms with Crippen molar-refractivity contribution in [3.05, 3.63) is 28.5 Å². The highest BCUT2D eigenvalue weighted by atomic mass is 35.5. The number of aliphatic hydroxyl groups excluding tert-OH is 1. The molecule has 1 aliphatic carbocycles. The fourth-order valence-electron chi connectivity index (χ4n) is 2.18. The van der Waals surface area contributed by atoms with E-state index in [1.807, 2.05) is 6.92 Å². The van der Waals surface area contributed by atoms with Gasteiger partial charge in [0.2, 0.25) is 10.0 Å². The third kappa shape index (κ3) is 3.74. The van der Waals surface area contributed by atoms with E-state index in [-0.39, 0.29) is 15.5 Å². The van der Waals surface area contributed by atoms with Crippen LogP contribution >= 0.6 is 11.6 Å². The van der Waals surface area contributed by atoms with Crippen LogP contribution in [0.15, 0.2) is 17.0 Å². The number of benzene rings is 1. The lowest BCUT2D eigenvalue weighted by atomic mass is 10.2. The predicted molar refractivity (Wildman–Crippen MR) is 79.1 cm³/mol. The van der Waals surface area contributed by atoms with Crippen LogP contribution in [0.25, 0.3) is 0 Å². The van der Waals surface area contributed by atoms with Crippen molar-refractivity contribution in [1.29, 1.82) is 0 Å². The monoisotopic (exact) mass is 335 g/mol. The number of halogens is 2. The van der Waals surface area contributed by atoms with Gasteiger partial charge in [-0.2, -0.15) is 4.31 Å². The lowest BCUT2D eigenvalue weighted by Gasteiger charge is -2.22. The van der Waals surface area contributed by atoms with E-state index in [1.165, 1.54) is 10.4 Å². The van der Waals surface area contributed by atoms with E-state index in [1.54, 1.807) is 0 Å². The Hall–Kier alpha value is -0.690. The molecule has 0 bridgehead atoms. The Kier molecular flexibility index (Phi) is 5.24. The molecule has 0 aliphatic heterocycles. The van der Waals surface area contributed by atoms with Crippen molar-refractivity contribution in [2.45, 2.75) is 37.7 Å². The van der Waals surface area contributed by atoms with Crippen LogP contribution in [-0.4, -0.2) is 30.9 Å². The minimum Gasteiger partial charge on any atom is -0.392 e. The Morgan fingerprint density at radius 2 is 2.10 bits per heavy atom. The number of aliphatic hydroxyl groups is 1. The molecule has 0 spiro atoms. The maximum absolute atomic E-state index is 13.8. The van der Waals surface area contributed by atoms with Crippen LogP contribution in [0.5, 0.6) is 0 Å². The van der Waals surface area contributed by atoms with Crippen molar-refractivity contribution in [3.63, 3.8) is 0 Å². The van der Waals surface area contributed by atoms with Crippen LogP contribution in [0.2, 0.25) is 5.02 Å². The Morgan fingerprint density at radius 3 is 2.62 bits per heavy atom. The minimum absolute atomic E-state index is 0.0816. The Balaban J connectivity index is 2.38. The number of sulfonamides is 1. The van der Waals surface area contributed by atoms with Crippen molar-refractivity contribution >= 4 is 21.6 Å². The third-order valence-corrected chi connectivity index (χ3v) is 5.78. The number of hydrogen-bond donors (Lipinski definition) is 1. The van der Waals surface area contributed by atoms with Gasteiger partial charge in [0.25, 0.3) is 0 Å². The largest absolute Gasteiger partial charge is 0.392 e. The van der Waals surface area contributed by atoms with Gasteiger partial charge in [-0.3, -0.25) is 0 Å². The average molecular weight is 336 g/mol. The molecule has 7 heteroatoms. The van der Waals surface area contributed by atoms with E-state index in [4.69, 9.17) is 11.6 Å². The van der Waals surface area contributed by atoms with Crippen molar-refractivity contribution in [1.82, 2.24) is 4.31 Å². The quantitative estimate of drug-likeness (QED) is 0.833. The summed E-state index contributed by atoms with van der Waals surface area (Å²) in [6.45, 7) is 2.26. The molecule has 1 N–H and O–H groups in total. The molecule has 0 radical (unpaired) electrons. The predicted octanol–water partition coefficient (Wildman–Crippen LogP) is 2.78. The molecule has 0 aromatic heterocycles. The average Bonchev–Trinajstić information content (AvgIpc) is 3.25. The second kappa shape index (κ2) is 6.60. The number of hydrogen-bond acceptors (Lipinski definition) is 3. The molecule has 1 aromatic carbocycles. The Morgan fingerprint density at radius 1 is 1.43 bits per heavy atom. The third-order valence-electron chi connectivity index (χ3n) is 3.52. The van der Waals surface area contributed by atoms with Crippen molar-refractivity contribution in [3.8, 4) is 0 Å². The summed E-state index contributed by atoms with van der Waals surface area (Å²) in [7, 11) is -3.77. The summed E-state index contributed by atoms with van der Waals surface area (Å²) < 4.78 is 40.5. The highest BCUT2D eigenvalue weighted by Gasteiger charge is 2.32. The van der Waals surface area contributed by atoms with E-state index in [0.717, 1.165) is 18.9 Å². The maximum atomic E-state index is 13.8. The molecule has 1 aromatic rings. The van der Waals surface area contributed by atoms with Crippen LogP contribution in [0.3, 0.4) is 0 Å². The van der Waals surface area contributed by atoms with Gasteiger partial charge in [-0.15, -0.1) is 0 Å². The van der Waals surface area contributed by atoms with Gasteiger partial charge in [-0.05, 0) is 37.3 Å². The maximum Gasteiger partial charge on any atom is 0.243 e. The van der Waals surface area contributed by atoms with Gasteiger partial charge in [-0.1, -0.05) is 18.5 Å². The first-order chi connectivity index (χ1) is 9.90. The lowest BCUT2D eigenvalue weighted by Crippen LogP contribution is -2.33. The molecular formula is C14H19ClFNO3S. The molecule has 0 amide bonds. The molecule has 0 heterocycles. The van der Waals surface area contributed by atoms with Crippen LogP contribution < -0.4 is 0 Å². The smallest absolute Gasteiger partial charge is 0.243 e. The van der Waals surface area contributed by atoms with E-state index in [0.29, 0.717) is 25.4 Å². The van der Waals surface area contributed by atoms with Crippen molar-refractivity contribution in [2.24, 2.45) is 5.92 Å². The molecule has 0 unspecified atom stereocenters. The molecule has 118 valence electrons. The Bertz CT molecular complexity index is 617. The zero-order chi connectivity index (χ0) is 15.6. The molecule has 2 rings (SSSR count). The molecule has 1 aliphatic rings. The molecule has 1 fully saturated rings. The molecule has 4 nitrogen and oxygen atoms in total. The summed E-state index contributed by atoms with van der Waals surface area (Å²) in [5.74, 6) is -0.426. The molecule has 0 saturated heterocycles. The molecule has 21 heavy (non-hydrogen) atoms. The summed E-state index contributed by atoms with van der Waals surface area (Å²) in [6.07, 6.45) is 2.76. The van der Waals surface area contributed by atoms with Crippen LogP contribution in [0.1, 0.15) is 31.7 Å². The van der Waals surface area contributed by atoms with Crippen molar-refractivity contribution in [2.75, 3.05) is 13.1 Å². The fourth-order valence-corrected chi connectivity index (χ4v) is 4.02. The van der Waals surface area contributed by atoms with E-state index in [2.05, 4.69) is 0 Å². The zero-order valence-electron chi connectivity index (χ0n) is 11.8. The molecular weight excluding hydrogens is 317 g/mol. The van der Waals surface area contributed by atoms with Gasteiger partial charge >= 0.3 is 0 Å². The number of rotatable bonds is 7. The van der Waals surface area contributed by atoms with Crippen molar-refractivity contribution < 1.29 is 17.9 Å². The van der Waals surface area contributed by atoms with Gasteiger partial charge in [-0.25, -0.2) is 12.8 Å². The highest BCUT2D eigenvalue weighted by Crippen LogP contribution is 2.32. The topological polar surface area (TPSA) is 57.6 Å². The van der Waals surface area contributed by atoms with Crippen LogP contribution in [0, 0.1) is 11.7 Å². The van der Waals surface area contributed by atoms with Gasteiger partial charge in [0.1, 0.15) is 5.82 Å². The first-order valence-electron chi connectivity index (χ1n) is 6.99. The second-order valence-electron chi connectivity index (χ2n) is 5.34. The van der Waals surface area contributed by atoms with Crippen LogP contribution in [-0.2, 0) is 16.6 Å². The minimum atomic E-state index is -3.77. The second-order valence-corrected chi connectivity index (χ2v) is 7.66. The highest BCUT2D eigenvalue weighted by molar-refractivity contribution is 7.89. The van der Waals surface area contributed by atoms with Gasteiger partial charge in [0, 0.05) is 18.7 Å². The molecule has 0 atom stereocenters. The normalized spacial score (nSPS) is 15.7. The van der Waals surface area contributed by atoms with Gasteiger partial charge < -0.3 is 5.11 Å². The van der Waals surface area contributed by atoms with E-state index >= 15 is 0 Å². The standard InChI is InChI=1S/C14H19ClFNO3S/c1-2-5-17(8-10-3-4-10)21(19,20)12-6-11(9-18)14(15)13(16)7-12/h6-7,10,18H,2-5,8-9H2,1H3. The Labute approximate surface area is 129 Å². The van der Waals surface area contributed by atoms with E-state index < -0.39 is 22.4 Å². The van der Waals surface area contributed by atoms with Gasteiger partial charge in [0.15, 0.2) is 0 Å². The first kappa shape index (κ1) is 16.7. The summed E-state index contributed by atoms with van der Waals surface area (Å²) in [6, 6.07) is 2.17. The number of nitrogens with zero attached hydrogens (tertiary/aromatic N) is 1. The first-order valence-corrected chi connectivity index (χ1v) is 8.80. The SMILES string of the molecule is CCCN(CC1CC1)S(=O)(=O)c1cc(F)c(Cl)c(CO)c1. The summed E-state index contributed by atoms with van der Waals surface area (Å²) in [5, 5.41) is 8.94. The lowest BCUT2D eigenvalue weighted by molar-refractivity contribution is 0.281. The van der Waals surface area contributed by atoms with E-state index in [9.17, 15) is 17.9 Å². The summed E-state index contributed by atoms with van der Waals surface area (Å²) in [5.41, 5.74) is 0.0816. The zero-order valence-corrected chi connectivity index (χ0v) is 13.4. The summed E-state index contributed by atoms with van der Waals surface area (Å²) >= 11 is 5.71. The van der Waals surface area contributed by atoms with Crippen LogP contribution in [0.4, 0.5) is 4.39 Å². The fraction of sp³-hybridized carbons (Fsp3) is 0.571. The summed E-state index contributed by atoms with van der Waals surface area (Å²) in [4.78, 5) is -0.150. The van der Waals surface area contributed by atoms with Gasteiger partial charge in [0.05, 0.1) is 16.5 Å².